The van der Waals surface area contributed by atoms with Crippen LogP contribution < -0.4 is 0 Å². The summed E-state index contributed by atoms with van der Waals surface area (Å²) in [5.41, 5.74) is -4.21. The van der Waals surface area contributed by atoms with Crippen molar-refractivity contribution in [3.63, 3.8) is 0 Å². The fourth-order valence-corrected chi connectivity index (χ4v) is 1.67. The second-order valence-electron chi connectivity index (χ2n) is 6.69. The van der Waals surface area contributed by atoms with Gasteiger partial charge in [0.15, 0.2) is 11.9 Å². The van der Waals surface area contributed by atoms with Crippen molar-refractivity contribution < 1.29 is 34.1 Å². The summed E-state index contributed by atoms with van der Waals surface area (Å²) >= 11 is 0. The molecule has 0 spiro atoms. The molecule has 128 valence electrons. The summed E-state index contributed by atoms with van der Waals surface area (Å²) in [4.78, 5) is 36.4. The third-order valence-corrected chi connectivity index (χ3v) is 2.65. The van der Waals surface area contributed by atoms with Gasteiger partial charge in [0.05, 0.1) is 12.2 Å². The van der Waals surface area contributed by atoms with Crippen LogP contribution >= 0.6 is 0 Å². The van der Waals surface area contributed by atoms with E-state index in [1.165, 1.54) is 48.5 Å². The molecule has 0 aliphatic rings. The van der Waals surface area contributed by atoms with Crippen molar-refractivity contribution in [1.29, 1.82) is 0 Å². The highest BCUT2D eigenvalue weighted by molar-refractivity contribution is 6.12. The highest BCUT2D eigenvalue weighted by atomic mass is 16.6. The summed E-state index contributed by atoms with van der Waals surface area (Å²) < 4.78 is 9.60. The van der Waals surface area contributed by atoms with E-state index in [1.807, 2.05) is 0 Å². The number of esters is 2. The van der Waals surface area contributed by atoms with Gasteiger partial charge in [0.2, 0.25) is 0 Å². The van der Waals surface area contributed by atoms with E-state index in [0.717, 1.165) is 0 Å². The Morgan fingerprint density at radius 1 is 0.909 bits per heavy atom. The standard InChI is InChI=1S/C15H26O7/c1-8(2)21-11(17)10(16)15(20,12(18)14(5,6)7)13(19)22-9(3)4/h8-10,16,20H,1-7H3. The molecule has 0 heterocycles. The van der Waals surface area contributed by atoms with Crippen LogP contribution in [-0.4, -0.2) is 51.8 Å². The molecule has 0 aliphatic heterocycles. The molecule has 0 radical (unpaired) electrons. The number of aliphatic hydroxyl groups is 2. The lowest BCUT2D eigenvalue weighted by Crippen LogP contribution is -2.63. The maximum atomic E-state index is 12.4. The Hall–Kier alpha value is -1.47. The normalized spacial score (nSPS) is 16.1. The number of ether oxygens (including phenoxy) is 2. The van der Waals surface area contributed by atoms with Gasteiger partial charge in [0.1, 0.15) is 0 Å². The van der Waals surface area contributed by atoms with Gasteiger partial charge in [0.25, 0.3) is 5.60 Å². The van der Waals surface area contributed by atoms with Crippen LogP contribution in [0.5, 0.6) is 0 Å². The number of carbonyl (C=O) groups excluding carboxylic acids is 3. The summed E-state index contributed by atoms with van der Waals surface area (Å²) in [6, 6.07) is 0. The summed E-state index contributed by atoms with van der Waals surface area (Å²) in [6.07, 6.45) is -3.59. The van der Waals surface area contributed by atoms with E-state index in [-0.39, 0.29) is 0 Å². The first-order valence-corrected chi connectivity index (χ1v) is 7.11. The quantitative estimate of drug-likeness (QED) is 0.545. The zero-order valence-electron chi connectivity index (χ0n) is 14.2. The van der Waals surface area contributed by atoms with Gasteiger partial charge in [-0.1, -0.05) is 20.8 Å². The largest absolute Gasteiger partial charge is 0.461 e. The Kier molecular flexibility index (Phi) is 6.71. The molecule has 2 unspecified atom stereocenters. The number of ketones is 1. The predicted molar refractivity (Wildman–Crippen MR) is 77.9 cm³/mol. The highest BCUT2D eigenvalue weighted by Crippen LogP contribution is 2.28. The first-order valence-electron chi connectivity index (χ1n) is 7.11. The van der Waals surface area contributed by atoms with Gasteiger partial charge in [0, 0.05) is 5.41 Å². The van der Waals surface area contributed by atoms with Crippen molar-refractivity contribution >= 4 is 17.7 Å². The number of aliphatic hydroxyl groups excluding tert-OH is 1. The molecule has 2 N–H and O–H groups in total. The Morgan fingerprint density at radius 2 is 1.32 bits per heavy atom. The van der Waals surface area contributed by atoms with Crippen molar-refractivity contribution in [2.24, 2.45) is 5.41 Å². The minimum Gasteiger partial charge on any atom is -0.461 e. The number of hydrogen-bond donors (Lipinski definition) is 2. The molecule has 7 nitrogen and oxygen atoms in total. The third kappa shape index (κ3) is 4.78. The Bertz CT molecular complexity index is 434. The van der Waals surface area contributed by atoms with Crippen LogP contribution in [0.2, 0.25) is 0 Å². The molecule has 0 rings (SSSR count). The molecule has 0 aliphatic carbocycles. The summed E-state index contributed by atoms with van der Waals surface area (Å²) in [6.45, 7) is 10.4. The summed E-state index contributed by atoms with van der Waals surface area (Å²) in [7, 11) is 0. The molecule has 0 saturated carbocycles. The van der Waals surface area contributed by atoms with Crippen LogP contribution in [0, 0.1) is 5.41 Å². The monoisotopic (exact) mass is 318 g/mol. The van der Waals surface area contributed by atoms with Crippen molar-refractivity contribution in [1.82, 2.24) is 0 Å². The number of rotatable bonds is 6. The van der Waals surface area contributed by atoms with Gasteiger partial charge in [-0.25, -0.2) is 9.59 Å². The fraction of sp³-hybridized carbons (Fsp3) is 0.800. The fourth-order valence-electron chi connectivity index (χ4n) is 1.67. The molecule has 0 saturated heterocycles. The highest BCUT2D eigenvalue weighted by Gasteiger charge is 2.58. The average Bonchev–Trinajstić information content (AvgIpc) is 2.32. The van der Waals surface area contributed by atoms with Crippen molar-refractivity contribution in [2.75, 3.05) is 0 Å². The zero-order valence-corrected chi connectivity index (χ0v) is 14.2. The van der Waals surface area contributed by atoms with E-state index >= 15 is 0 Å². The van der Waals surface area contributed by atoms with Gasteiger partial charge < -0.3 is 19.7 Å². The third-order valence-electron chi connectivity index (χ3n) is 2.65. The molecule has 0 aromatic carbocycles. The second kappa shape index (κ2) is 7.19. The summed E-state index contributed by atoms with van der Waals surface area (Å²) in [5, 5.41) is 20.6. The number of hydrogen-bond acceptors (Lipinski definition) is 7. The van der Waals surface area contributed by atoms with E-state index in [9.17, 15) is 24.6 Å². The molecule has 7 heteroatoms. The smallest absolute Gasteiger partial charge is 0.349 e. The lowest BCUT2D eigenvalue weighted by Gasteiger charge is -2.33. The summed E-state index contributed by atoms with van der Waals surface area (Å²) in [5.74, 6) is -3.68. The topological polar surface area (TPSA) is 110 Å². The average molecular weight is 318 g/mol. The second-order valence-corrected chi connectivity index (χ2v) is 6.69. The van der Waals surface area contributed by atoms with Crippen LogP contribution in [0.4, 0.5) is 0 Å². The van der Waals surface area contributed by atoms with Gasteiger partial charge in [-0.15, -0.1) is 0 Å². The first kappa shape index (κ1) is 20.5. The van der Waals surface area contributed by atoms with Crippen molar-refractivity contribution in [3.8, 4) is 0 Å². The van der Waals surface area contributed by atoms with Crippen LogP contribution in [0.3, 0.4) is 0 Å². The van der Waals surface area contributed by atoms with Crippen LogP contribution in [-0.2, 0) is 23.9 Å². The molecule has 0 bridgehead atoms. The molecular formula is C15H26O7. The predicted octanol–water partition coefficient (Wildman–Crippen LogP) is 0.597. The molecular weight excluding hydrogens is 292 g/mol. The zero-order chi connectivity index (χ0) is 17.9. The minimum atomic E-state index is -3.02. The van der Waals surface area contributed by atoms with E-state index < -0.39 is 47.0 Å². The van der Waals surface area contributed by atoms with E-state index in [1.54, 1.807) is 0 Å². The Morgan fingerprint density at radius 3 is 1.64 bits per heavy atom. The molecule has 22 heavy (non-hydrogen) atoms. The van der Waals surface area contributed by atoms with Crippen LogP contribution in [0.25, 0.3) is 0 Å². The van der Waals surface area contributed by atoms with Crippen LogP contribution in [0.1, 0.15) is 48.5 Å². The SMILES string of the molecule is CC(C)OC(=O)C(O)C(O)(C(=O)OC(C)C)C(=O)C(C)(C)C. The molecule has 2 atom stereocenters. The van der Waals surface area contributed by atoms with Crippen molar-refractivity contribution in [2.45, 2.75) is 72.4 Å². The Labute approximate surface area is 130 Å². The Balaban J connectivity index is 5.75. The van der Waals surface area contributed by atoms with Gasteiger partial charge >= 0.3 is 11.9 Å². The minimum absolute atomic E-state index is 0.586. The number of carbonyl (C=O) groups is 3. The lowest BCUT2D eigenvalue weighted by atomic mass is 9.77. The molecule has 0 amide bonds. The maximum Gasteiger partial charge on any atom is 0.349 e. The maximum absolute atomic E-state index is 12.4. The van der Waals surface area contributed by atoms with Crippen LogP contribution in [0.15, 0.2) is 0 Å². The molecule has 0 aromatic heterocycles. The van der Waals surface area contributed by atoms with E-state index in [2.05, 4.69) is 0 Å². The van der Waals surface area contributed by atoms with E-state index in [4.69, 9.17) is 9.47 Å². The van der Waals surface area contributed by atoms with Gasteiger partial charge in [-0.3, -0.25) is 4.79 Å². The number of Topliss-reactive ketones (excluding diaryl/α,β-unsaturated/α-hetero) is 1. The first-order chi connectivity index (χ1) is 9.74. The van der Waals surface area contributed by atoms with Crippen molar-refractivity contribution in [3.05, 3.63) is 0 Å². The lowest BCUT2D eigenvalue weighted by molar-refractivity contribution is -0.198. The van der Waals surface area contributed by atoms with Gasteiger partial charge in [-0.2, -0.15) is 0 Å². The van der Waals surface area contributed by atoms with E-state index in [0.29, 0.717) is 0 Å². The molecule has 0 fully saturated rings. The molecule has 0 aromatic rings. The van der Waals surface area contributed by atoms with Gasteiger partial charge in [-0.05, 0) is 27.7 Å².